The van der Waals surface area contributed by atoms with Crippen LogP contribution in [0, 0.1) is 0 Å². The van der Waals surface area contributed by atoms with Gasteiger partial charge in [-0.3, -0.25) is 4.79 Å². The zero-order valence-electron chi connectivity index (χ0n) is 7.80. The lowest BCUT2D eigenvalue weighted by molar-refractivity contribution is 0.0778. The van der Waals surface area contributed by atoms with Crippen molar-refractivity contribution in [1.82, 2.24) is 4.90 Å². The van der Waals surface area contributed by atoms with Crippen LogP contribution in [0.5, 0.6) is 0 Å². The molecule has 0 radical (unpaired) electrons. The lowest BCUT2D eigenvalue weighted by Crippen LogP contribution is -2.32. The molecule has 1 amide bonds. The first kappa shape index (κ1) is 12.0. The number of hydrogen-bond donors (Lipinski definition) is 0. The van der Waals surface area contributed by atoms with E-state index in [1.807, 2.05) is 18.4 Å². The number of carbonyl (C=O) groups is 1. The Balaban J connectivity index is 2.78. The van der Waals surface area contributed by atoms with Crippen LogP contribution in [-0.4, -0.2) is 29.8 Å². The van der Waals surface area contributed by atoms with Crippen LogP contribution in [0.1, 0.15) is 16.6 Å². The largest absolute Gasteiger partial charge is 0.337 e. The summed E-state index contributed by atoms with van der Waals surface area (Å²) in [5, 5.41) is 1.89. The van der Waals surface area contributed by atoms with E-state index in [-0.39, 0.29) is 5.91 Å². The van der Waals surface area contributed by atoms with Crippen molar-refractivity contribution in [1.29, 1.82) is 0 Å². The van der Waals surface area contributed by atoms with Crippen molar-refractivity contribution in [2.24, 2.45) is 0 Å². The third-order valence-electron chi connectivity index (χ3n) is 1.83. The Morgan fingerprint density at radius 2 is 2.43 bits per heavy atom. The Kier molecular flexibility index (Phi) is 4.92. The van der Waals surface area contributed by atoms with E-state index in [2.05, 4.69) is 15.9 Å². The van der Waals surface area contributed by atoms with Crippen molar-refractivity contribution in [3.8, 4) is 0 Å². The highest BCUT2D eigenvalue weighted by Crippen LogP contribution is 2.24. The normalized spacial score (nSPS) is 10.2. The van der Waals surface area contributed by atoms with E-state index in [0.29, 0.717) is 19.0 Å². The van der Waals surface area contributed by atoms with Crippen molar-refractivity contribution in [2.45, 2.75) is 6.92 Å². The van der Waals surface area contributed by atoms with Crippen LogP contribution in [-0.2, 0) is 0 Å². The SMILES string of the molecule is CCN(CCCl)C(=O)c1sccc1Br. The maximum Gasteiger partial charge on any atom is 0.265 e. The van der Waals surface area contributed by atoms with E-state index >= 15 is 0 Å². The first-order valence-corrected chi connectivity index (χ1v) is 6.49. The van der Waals surface area contributed by atoms with Crippen molar-refractivity contribution in [3.05, 3.63) is 20.8 Å². The van der Waals surface area contributed by atoms with Crippen LogP contribution >= 0.6 is 38.9 Å². The molecule has 1 aromatic rings. The summed E-state index contributed by atoms with van der Waals surface area (Å²) in [5.74, 6) is 0.526. The Morgan fingerprint density at radius 1 is 1.71 bits per heavy atom. The van der Waals surface area contributed by atoms with Gasteiger partial charge in [-0.15, -0.1) is 22.9 Å². The van der Waals surface area contributed by atoms with Gasteiger partial charge in [-0.25, -0.2) is 0 Å². The summed E-state index contributed by atoms with van der Waals surface area (Å²) >= 11 is 10.4. The predicted octanol–water partition coefficient (Wildman–Crippen LogP) is 3.21. The van der Waals surface area contributed by atoms with Crippen LogP contribution in [0.4, 0.5) is 0 Å². The van der Waals surface area contributed by atoms with E-state index < -0.39 is 0 Å². The molecule has 0 aliphatic rings. The first-order valence-electron chi connectivity index (χ1n) is 4.29. The van der Waals surface area contributed by atoms with Crippen LogP contribution in [0.3, 0.4) is 0 Å². The zero-order chi connectivity index (χ0) is 10.6. The molecule has 78 valence electrons. The molecule has 2 nitrogen and oxygen atoms in total. The van der Waals surface area contributed by atoms with Gasteiger partial charge in [-0.05, 0) is 34.3 Å². The molecule has 1 aromatic heterocycles. The summed E-state index contributed by atoms with van der Waals surface area (Å²) in [6, 6.07) is 1.88. The lowest BCUT2D eigenvalue weighted by Gasteiger charge is -2.18. The standard InChI is InChI=1S/C9H11BrClNOS/c1-2-12(5-4-11)9(13)8-7(10)3-6-14-8/h3,6H,2,4-5H2,1H3. The minimum atomic E-state index is 0.0509. The van der Waals surface area contributed by atoms with Crippen LogP contribution in [0.25, 0.3) is 0 Å². The first-order chi connectivity index (χ1) is 6.70. The highest BCUT2D eigenvalue weighted by Gasteiger charge is 2.17. The Morgan fingerprint density at radius 3 is 2.86 bits per heavy atom. The molecule has 0 saturated heterocycles. The molecule has 14 heavy (non-hydrogen) atoms. The molecule has 0 bridgehead atoms. The molecule has 0 unspecified atom stereocenters. The van der Waals surface area contributed by atoms with Crippen molar-refractivity contribution >= 4 is 44.8 Å². The average Bonchev–Trinajstić information content (AvgIpc) is 2.59. The third-order valence-corrected chi connectivity index (χ3v) is 3.83. The van der Waals surface area contributed by atoms with Gasteiger partial charge in [0.05, 0.1) is 0 Å². The summed E-state index contributed by atoms with van der Waals surface area (Å²) in [6.07, 6.45) is 0. The fourth-order valence-corrected chi connectivity index (χ4v) is 2.81. The number of rotatable bonds is 4. The average molecular weight is 297 g/mol. The fourth-order valence-electron chi connectivity index (χ4n) is 1.10. The van der Waals surface area contributed by atoms with Gasteiger partial charge >= 0.3 is 0 Å². The highest BCUT2D eigenvalue weighted by molar-refractivity contribution is 9.10. The number of amides is 1. The molecule has 0 aliphatic carbocycles. The van der Waals surface area contributed by atoms with Crippen molar-refractivity contribution < 1.29 is 4.79 Å². The second kappa shape index (κ2) is 5.73. The third kappa shape index (κ3) is 2.72. The number of alkyl halides is 1. The van der Waals surface area contributed by atoms with Crippen molar-refractivity contribution in [3.63, 3.8) is 0 Å². The number of nitrogens with zero attached hydrogens (tertiary/aromatic N) is 1. The summed E-state index contributed by atoms with van der Waals surface area (Å²) in [5.41, 5.74) is 0. The van der Waals surface area contributed by atoms with Gasteiger partial charge in [-0.1, -0.05) is 0 Å². The summed E-state index contributed by atoms with van der Waals surface area (Å²) in [7, 11) is 0. The minimum Gasteiger partial charge on any atom is -0.337 e. The van der Waals surface area contributed by atoms with Gasteiger partial charge in [0.2, 0.25) is 0 Å². The lowest BCUT2D eigenvalue weighted by atomic mass is 10.4. The fraction of sp³-hybridized carbons (Fsp3) is 0.444. The number of thiophene rings is 1. The monoisotopic (exact) mass is 295 g/mol. The van der Waals surface area contributed by atoms with Crippen LogP contribution in [0.2, 0.25) is 0 Å². The second-order valence-electron chi connectivity index (χ2n) is 2.67. The van der Waals surface area contributed by atoms with E-state index in [0.717, 1.165) is 9.35 Å². The Hall–Kier alpha value is -0.0600. The van der Waals surface area contributed by atoms with Gasteiger partial charge in [0.15, 0.2) is 0 Å². The van der Waals surface area contributed by atoms with E-state index in [1.54, 1.807) is 4.90 Å². The molecular formula is C9H11BrClNOS. The molecule has 1 heterocycles. The molecule has 0 atom stereocenters. The summed E-state index contributed by atoms with van der Waals surface area (Å²) < 4.78 is 0.862. The van der Waals surface area contributed by atoms with Gasteiger partial charge in [-0.2, -0.15) is 0 Å². The van der Waals surface area contributed by atoms with Gasteiger partial charge in [0.25, 0.3) is 5.91 Å². The molecule has 1 rings (SSSR count). The smallest absolute Gasteiger partial charge is 0.265 e. The minimum absolute atomic E-state index is 0.0509. The zero-order valence-corrected chi connectivity index (χ0v) is 11.0. The Bertz CT molecular complexity index is 316. The quantitative estimate of drug-likeness (QED) is 0.781. The number of hydrogen-bond acceptors (Lipinski definition) is 2. The van der Waals surface area contributed by atoms with E-state index in [9.17, 15) is 4.79 Å². The topological polar surface area (TPSA) is 20.3 Å². The summed E-state index contributed by atoms with van der Waals surface area (Å²) in [4.78, 5) is 14.4. The van der Waals surface area contributed by atoms with E-state index in [4.69, 9.17) is 11.6 Å². The number of carbonyl (C=O) groups excluding carboxylic acids is 1. The summed E-state index contributed by atoms with van der Waals surface area (Å²) in [6.45, 7) is 3.24. The predicted molar refractivity (Wildman–Crippen MR) is 64.3 cm³/mol. The van der Waals surface area contributed by atoms with Crippen LogP contribution < -0.4 is 0 Å². The molecule has 0 saturated carbocycles. The molecule has 0 aromatic carbocycles. The molecule has 0 spiro atoms. The van der Waals surface area contributed by atoms with Crippen molar-refractivity contribution in [2.75, 3.05) is 19.0 Å². The van der Waals surface area contributed by atoms with Gasteiger partial charge < -0.3 is 4.90 Å². The Labute approximate surface area is 101 Å². The number of halogens is 2. The maximum absolute atomic E-state index is 11.9. The van der Waals surface area contributed by atoms with Gasteiger partial charge in [0.1, 0.15) is 4.88 Å². The molecule has 0 aliphatic heterocycles. The van der Waals surface area contributed by atoms with E-state index in [1.165, 1.54) is 11.3 Å². The molecule has 0 N–H and O–H groups in total. The second-order valence-corrected chi connectivity index (χ2v) is 4.82. The highest BCUT2D eigenvalue weighted by atomic mass is 79.9. The molecular weight excluding hydrogens is 286 g/mol. The molecule has 5 heteroatoms. The van der Waals surface area contributed by atoms with Crippen LogP contribution in [0.15, 0.2) is 15.9 Å². The molecule has 0 fully saturated rings. The van der Waals surface area contributed by atoms with Gasteiger partial charge in [0, 0.05) is 23.4 Å². The maximum atomic E-state index is 11.9.